The van der Waals surface area contributed by atoms with Crippen LogP contribution in [0.15, 0.2) is 17.1 Å². The maximum Gasteiger partial charge on any atom is 0.264 e. The van der Waals surface area contributed by atoms with Gasteiger partial charge in [-0.15, -0.1) is 11.3 Å². The van der Waals surface area contributed by atoms with Crippen molar-refractivity contribution in [2.75, 3.05) is 5.32 Å². The Morgan fingerprint density at radius 2 is 2.08 bits per heavy atom. The van der Waals surface area contributed by atoms with E-state index in [4.69, 9.17) is 4.98 Å². The molecule has 1 N–H and O–H groups in total. The standard InChI is InChI=1S/C17H21N5OS/c1-10(2)22-16(23)14-11-6-4-5-7-12(11)24-15(14)19-17(22)18-13-8-9-21(3)20-13/h8-10H,4-7H2,1-3H3,(H,18,19,20). The summed E-state index contributed by atoms with van der Waals surface area (Å²) in [5.41, 5.74) is 1.30. The van der Waals surface area contributed by atoms with Crippen molar-refractivity contribution in [2.45, 2.75) is 45.6 Å². The summed E-state index contributed by atoms with van der Waals surface area (Å²) < 4.78 is 3.47. The van der Waals surface area contributed by atoms with Gasteiger partial charge in [0, 0.05) is 30.2 Å². The van der Waals surface area contributed by atoms with E-state index in [1.54, 1.807) is 20.6 Å². The highest BCUT2D eigenvalue weighted by atomic mass is 32.1. The third-order valence-electron chi connectivity index (χ3n) is 4.49. The Morgan fingerprint density at radius 3 is 2.79 bits per heavy atom. The van der Waals surface area contributed by atoms with Gasteiger partial charge in [0.2, 0.25) is 5.95 Å². The topological polar surface area (TPSA) is 64.7 Å². The molecule has 1 aliphatic carbocycles. The van der Waals surface area contributed by atoms with Crippen LogP contribution in [-0.4, -0.2) is 19.3 Å². The number of nitrogens with one attached hydrogen (secondary N) is 1. The second-order valence-electron chi connectivity index (χ2n) is 6.60. The Labute approximate surface area is 144 Å². The third-order valence-corrected chi connectivity index (χ3v) is 5.68. The predicted octanol–water partition coefficient (Wildman–Crippen LogP) is 3.39. The smallest absolute Gasteiger partial charge is 0.264 e. The molecule has 0 saturated heterocycles. The maximum absolute atomic E-state index is 13.2. The lowest BCUT2D eigenvalue weighted by molar-refractivity contribution is 0.582. The van der Waals surface area contributed by atoms with Gasteiger partial charge in [0.15, 0.2) is 5.82 Å². The van der Waals surface area contributed by atoms with Gasteiger partial charge < -0.3 is 5.32 Å². The van der Waals surface area contributed by atoms with Crippen LogP contribution in [0.4, 0.5) is 11.8 Å². The number of thiophene rings is 1. The SMILES string of the molecule is CC(C)n1c(Nc2ccn(C)n2)nc2sc3c(c2c1=O)CCCC3. The van der Waals surface area contributed by atoms with Crippen molar-refractivity contribution in [3.63, 3.8) is 0 Å². The van der Waals surface area contributed by atoms with Crippen molar-refractivity contribution in [1.82, 2.24) is 19.3 Å². The number of hydrogen-bond acceptors (Lipinski definition) is 5. The summed E-state index contributed by atoms with van der Waals surface area (Å²) in [6.45, 7) is 4.02. The average molecular weight is 343 g/mol. The minimum atomic E-state index is 0.0275. The molecule has 6 nitrogen and oxygen atoms in total. The number of rotatable bonds is 3. The highest BCUT2D eigenvalue weighted by Gasteiger charge is 2.23. The van der Waals surface area contributed by atoms with Gasteiger partial charge in [0.25, 0.3) is 5.56 Å². The number of fused-ring (bicyclic) bond motifs is 3. The zero-order valence-electron chi connectivity index (χ0n) is 14.2. The van der Waals surface area contributed by atoms with Gasteiger partial charge in [-0.3, -0.25) is 14.0 Å². The van der Waals surface area contributed by atoms with Crippen LogP contribution in [-0.2, 0) is 19.9 Å². The molecule has 4 rings (SSSR count). The fourth-order valence-electron chi connectivity index (χ4n) is 3.38. The Hall–Kier alpha value is -2.15. The number of aryl methyl sites for hydroxylation is 3. The van der Waals surface area contributed by atoms with Gasteiger partial charge in [-0.05, 0) is 45.1 Å². The summed E-state index contributed by atoms with van der Waals surface area (Å²) >= 11 is 1.67. The summed E-state index contributed by atoms with van der Waals surface area (Å²) in [5.74, 6) is 1.26. The van der Waals surface area contributed by atoms with E-state index in [9.17, 15) is 4.79 Å². The lowest BCUT2D eigenvalue weighted by Crippen LogP contribution is -2.26. The molecule has 3 aromatic heterocycles. The molecule has 0 radical (unpaired) electrons. The molecule has 0 atom stereocenters. The molecule has 0 spiro atoms. The van der Waals surface area contributed by atoms with Crippen molar-refractivity contribution < 1.29 is 0 Å². The van der Waals surface area contributed by atoms with Crippen LogP contribution < -0.4 is 10.9 Å². The highest BCUT2D eigenvalue weighted by Crippen LogP contribution is 2.34. The minimum Gasteiger partial charge on any atom is -0.309 e. The van der Waals surface area contributed by atoms with Crippen molar-refractivity contribution >= 4 is 33.3 Å². The highest BCUT2D eigenvalue weighted by molar-refractivity contribution is 7.18. The summed E-state index contributed by atoms with van der Waals surface area (Å²) in [6.07, 6.45) is 6.30. The van der Waals surface area contributed by atoms with Gasteiger partial charge in [-0.1, -0.05) is 0 Å². The monoisotopic (exact) mass is 343 g/mol. The van der Waals surface area contributed by atoms with E-state index >= 15 is 0 Å². The first kappa shape index (κ1) is 15.4. The van der Waals surface area contributed by atoms with Gasteiger partial charge >= 0.3 is 0 Å². The molecule has 0 unspecified atom stereocenters. The first-order chi connectivity index (χ1) is 11.5. The van der Waals surface area contributed by atoms with E-state index < -0.39 is 0 Å². The minimum absolute atomic E-state index is 0.0275. The number of aromatic nitrogens is 4. The first-order valence-electron chi connectivity index (χ1n) is 8.38. The summed E-state index contributed by atoms with van der Waals surface area (Å²) in [7, 11) is 1.87. The molecule has 126 valence electrons. The molecular formula is C17H21N5OS. The summed E-state index contributed by atoms with van der Waals surface area (Å²) in [6, 6.07) is 1.90. The van der Waals surface area contributed by atoms with Crippen LogP contribution in [0.25, 0.3) is 10.2 Å². The molecule has 0 aliphatic heterocycles. The molecule has 0 amide bonds. The van der Waals surface area contributed by atoms with Crippen molar-refractivity contribution in [3.8, 4) is 0 Å². The maximum atomic E-state index is 13.2. The quantitative estimate of drug-likeness (QED) is 0.792. The number of hydrogen-bond donors (Lipinski definition) is 1. The molecule has 0 bridgehead atoms. The average Bonchev–Trinajstić information content (AvgIpc) is 3.10. The van der Waals surface area contributed by atoms with Gasteiger partial charge in [0.05, 0.1) is 5.39 Å². The van der Waals surface area contributed by atoms with E-state index in [1.165, 1.54) is 16.9 Å². The van der Waals surface area contributed by atoms with Crippen LogP contribution in [0.2, 0.25) is 0 Å². The second kappa shape index (κ2) is 5.73. The van der Waals surface area contributed by atoms with Crippen LogP contribution in [0.3, 0.4) is 0 Å². The van der Waals surface area contributed by atoms with E-state index in [0.29, 0.717) is 11.8 Å². The molecule has 3 heterocycles. The molecular weight excluding hydrogens is 322 g/mol. The molecule has 0 aromatic carbocycles. The molecule has 24 heavy (non-hydrogen) atoms. The molecule has 1 aliphatic rings. The second-order valence-corrected chi connectivity index (χ2v) is 7.68. The molecule has 7 heteroatoms. The zero-order valence-corrected chi connectivity index (χ0v) is 15.0. The van der Waals surface area contributed by atoms with Crippen LogP contribution >= 0.6 is 11.3 Å². The lowest BCUT2D eigenvalue weighted by Gasteiger charge is -2.16. The number of anilines is 2. The fourth-order valence-corrected chi connectivity index (χ4v) is 4.63. The summed E-state index contributed by atoms with van der Waals surface area (Å²) in [5, 5.41) is 8.38. The largest absolute Gasteiger partial charge is 0.309 e. The van der Waals surface area contributed by atoms with E-state index in [0.717, 1.165) is 29.5 Å². The Morgan fingerprint density at radius 1 is 1.29 bits per heavy atom. The van der Waals surface area contributed by atoms with Gasteiger partial charge in [0.1, 0.15) is 4.83 Å². The van der Waals surface area contributed by atoms with E-state index in [-0.39, 0.29) is 11.6 Å². The van der Waals surface area contributed by atoms with E-state index in [1.807, 2.05) is 33.2 Å². The molecule has 3 aromatic rings. The van der Waals surface area contributed by atoms with Crippen molar-refractivity contribution in [3.05, 3.63) is 33.1 Å². The van der Waals surface area contributed by atoms with Gasteiger partial charge in [-0.25, -0.2) is 4.98 Å². The molecule has 0 fully saturated rings. The third kappa shape index (κ3) is 2.43. The van der Waals surface area contributed by atoms with E-state index in [2.05, 4.69) is 10.4 Å². The summed E-state index contributed by atoms with van der Waals surface area (Å²) in [4.78, 5) is 20.2. The van der Waals surface area contributed by atoms with Crippen LogP contribution in [0.5, 0.6) is 0 Å². The Balaban J connectivity index is 1.92. The molecule has 0 saturated carbocycles. The normalized spacial score (nSPS) is 14.3. The Bertz CT molecular complexity index is 965. The van der Waals surface area contributed by atoms with Gasteiger partial charge in [-0.2, -0.15) is 5.10 Å². The van der Waals surface area contributed by atoms with Crippen molar-refractivity contribution in [1.29, 1.82) is 0 Å². The van der Waals surface area contributed by atoms with Crippen LogP contribution in [0.1, 0.15) is 43.2 Å². The van der Waals surface area contributed by atoms with Crippen LogP contribution in [0, 0.1) is 0 Å². The fraction of sp³-hybridized carbons (Fsp3) is 0.471. The lowest BCUT2D eigenvalue weighted by atomic mass is 9.97. The van der Waals surface area contributed by atoms with Crippen molar-refractivity contribution in [2.24, 2.45) is 7.05 Å². The Kier molecular flexibility index (Phi) is 3.68. The first-order valence-corrected chi connectivity index (χ1v) is 9.19. The predicted molar refractivity (Wildman–Crippen MR) is 97.4 cm³/mol. The number of nitrogens with zero attached hydrogens (tertiary/aromatic N) is 4. The zero-order chi connectivity index (χ0) is 16.8.